The van der Waals surface area contributed by atoms with Crippen molar-refractivity contribution < 1.29 is 9.53 Å². The quantitative estimate of drug-likeness (QED) is 0.688. The molecule has 1 aliphatic carbocycles. The Labute approximate surface area is 105 Å². The monoisotopic (exact) mass is 239 g/mol. The highest BCUT2D eigenvalue weighted by atomic mass is 16.5. The van der Waals surface area contributed by atoms with Crippen molar-refractivity contribution in [3.63, 3.8) is 0 Å². The summed E-state index contributed by atoms with van der Waals surface area (Å²) >= 11 is 0. The van der Waals surface area contributed by atoms with E-state index in [1.807, 2.05) is 0 Å². The summed E-state index contributed by atoms with van der Waals surface area (Å²) in [4.78, 5) is 13.7. The van der Waals surface area contributed by atoms with E-state index in [-0.39, 0.29) is 5.41 Å². The molecule has 3 heteroatoms. The van der Waals surface area contributed by atoms with Crippen LogP contribution in [0.15, 0.2) is 0 Å². The first-order valence-electron chi connectivity index (χ1n) is 6.97. The molecule has 17 heavy (non-hydrogen) atoms. The van der Waals surface area contributed by atoms with Gasteiger partial charge >= 0.3 is 0 Å². The Balaban J connectivity index is 1.82. The van der Waals surface area contributed by atoms with Crippen LogP contribution in [0.4, 0.5) is 0 Å². The van der Waals surface area contributed by atoms with E-state index in [9.17, 15) is 4.79 Å². The Kier molecular flexibility index (Phi) is 4.57. The summed E-state index contributed by atoms with van der Waals surface area (Å²) < 4.78 is 5.36. The maximum Gasteiger partial charge on any atom is 0.127 e. The Hall–Kier alpha value is -0.410. The van der Waals surface area contributed by atoms with Crippen molar-refractivity contribution >= 4 is 6.29 Å². The zero-order valence-electron chi connectivity index (χ0n) is 11.0. The fourth-order valence-corrected chi connectivity index (χ4v) is 3.33. The van der Waals surface area contributed by atoms with Crippen LogP contribution < -0.4 is 0 Å². The fourth-order valence-electron chi connectivity index (χ4n) is 3.33. The zero-order chi connectivity index (χ0) is 12.1. The smallest absolute Gasteiger partial charge is 0.127 e. The highest BCUT2D eigenvalue weighted by Crippen LogP contribution is 2.30. The van der Waals surface area contributed by atoms with Gasteiger partial charge in [-0.05, 0) is 38.6 Å². The molecule has 3 nitrogen and oxygen atoms in total. The van der Waals surface area contributed by atoms with Crippen molar-refractivity contribution in [1.29, 1.82) is 0 Å². The van der Waals surface area contributed by atoms with Gasteiger partial charge in [0.2, 0.25) is 0 Å². The first kappa shape index (κ1) is 13.0. The molecule has 0 amide bonds. The highest BCUT2D eigenvalue weighted by Gasteiger charge is 2.33. The van der Waals surface area contributed by atoms with Crippen molar-refractivity contribution in [3.05, 3.63) is 0 Å². The average molecular weight is 239 g/mol. The topological polar surface area (TPSA) is 29.5 Å². The number of nitrogens with zero attached hydrogens (tertiary/aromatic N) is 1. The van der Waals surface area contributed by atoms with E-state index in [1.165, 1.54) is 32.0 Å². The first-order chi connectivity index (χ1) is 8.24. The van der Waals surface area contributed by atoms with Crippen LogP contribution in [-0.4, -0.2) is 44.5 Å². The molecular formula is C14H25NO2. The van der Waals surface area contributed by atoms with Gasteiger partial charge < -0.3 is 14.4 Å². The molecule has 2 fully saturated rings. The third-order valence-corrected chi connectivity index (χ3v) is 4.37. The van der Waals surface area contributed by atoms with Crippen molar-refractivity contribution in [1.82, 2.24) is 4.90 Å². The summed E-state index contributed by atoms with van der Waals surface area (Å²) in [5.74, 6) is 0.864. The Morgan fingerprint density at radius 2 is 1.94 bits per heavy atom. The molecule has 98 valence electrons. The molecule has 0 spiro atoms. The Bertz CT molecular complexity index is 243. The van der Waals surface area contributed by atoms with Crippen molar-refractivity contribution in [2.75, 3.05) is 33.4 Å². The number of hydrogen-bond acceptors (Lipinski definition) is 3. The van der Waals surface area contributed by atoms with Crippen LogP contribution in [0.2, 0.25) is 0 Å². The molecule has 0 radical (unpaired) electrons. The Morgan fingerprint density at radius 3 is 2.53 bits per heavy atom. The standard InChI is InChI=1S/C14H25NO2/c1-15(10-13-4-2-3-5-13)11-14(12-16)6-8-17-9-7-14/h12-13H,2-11H2,1H3. The van der Waals surface area contributed by atoms with E-state index in [0.29, 0.717) is 0 Å². The molecule has 0 unspecified atom stereocenters. The summed E-state index contributed by atoms with van der Waals surface area (Å²) in [6.45, 7) is 3.57. The van der Waals surface area contributed by atoms with Gasteiger partial charge in [-0.3, -0.25) is 0 Å². The third-order valence-electron chi connectivity index (χ3n) is 4.37. The largest absolute Gasteiger partial charge is 0.381 e. The van der Waals surface area contributed by atoms with Gasteiger partial charge in [0.25, 0.3) is 0 Å². The summed E-state index contributed by atoms with van der Waals surface area (Å²) in [5.41, 5.74) is -0.133. The van der Waals surface area contributed by atoms with E-state index in [2.05, 4.69) is 11.9 Å². The molecule has 2 aliphatic rings. The normalized spacial score (nSPS) is 25.3. The van der Waals surface area contributed by atoms with Crippen LogP contribution in [-0.2, 0) is 9.53 Å². The highest BCUT2D eigenvalue weighted by molar-refractivity contribution is 5.60. The second kappa shape index (κ2) is 5.96. The van der Waals surface area contributed by atoms with Crippen molar-refractivity contribution in [2.45, 2.75) is 38.5 Å². The van der Waals surface area contributed by atoms with Gasteiger partial charge in [-0.25, -0.2) is 0 Å². The lowest BCUT2D eigenvalue weighted by atomic mass is 9.81. The van der Waals surface area contributed by atoms with E-state index in [4.69, 9.17) is 4.74 Å². The number of hydrogen-bond donors (Lipinski definition) is 0. The maximum absolute atomic E-state index is 11.4. The minimum atomic E-state index is -0.133. The number of rotatable bonds is 5. The first-order valence-corrected chi connectivity index (χ1v) is 6.97. The molecule has 0 aromatic heterocycles. The molecule has 0 atom stereocenters. The molecule has 1 saturated carbocycles. The number of carbonyl (C=O) groups excluding carboxylic acids is 1. The van der Waals surface area contributed by atoms with Crippen LogP contribution in [0.1, 0.15) is 38.5 Å². The van der Waals surface area contributed by atoms with Gasteiger partial charge in [0.05, 0.1) is 0 Å². The minimum Gasteiger partial charge on any atom is -0.381 e. The SMILES string of the molecule is CN(CC1CCCC1)CC1(C=O)CCOCC1. The number of ether oxygens (including phenoxy) is 1. The summed E-state index contributed by atoms with van der Waals surface area (Å²) in [5, 5.41) is 0. The van der Waals surface area contributed by atoms with E-state index in [0.717, 1.165) is 45.1 Å². The van der Waals surface area contributed by atoms with Gasteiger partial charge in [-0.2, -0.15) is 0 Å². The molecule has 1 aliphatic heterocycles. The summed E-state index contributed by atoms with van der Waals surface area (Å²) in [6, 6.07) is 0. The molecular weight excluding hydrogens is 214 g/mol. The second-order valence-electron chi connectivity index (χ2n) is 5.94. The third kappa shape index (κ3) is 3.52. The fraction of sp³-hybridized carbons (Fsp3) is 0.929. The second-order valence-corrected chi connectivity index (χ2v) is 5.94. The lowest BCUT2D eigenvalue weighted by molar-refractivity contribution is -0.122. The summed E-state index contributed by atoms with van der Waals surface area (Å²) in [7, 11) is 2.17. The molecule has 1 heterocycles. The predicted octanol–water partition coefficient (Wildman–Crippen LogP) is 2.10. The minimum absolute atomic E-state index is 0.133. The van der Waals surface area contributed by atoms with E-state index < -0.39 is 0 Å². The van der Waals surface area contributed by atoms with Crippen molar-refractivity contribution in [2.24, 2.45) is 11.3 Å². The van der Waals surface area contributed by atoms with Crippen LogP contribution >= 0.6 is 0 Å². The van der Waals surface area contributed by atoms with Crippen molar-refractivity contribution in [3.8, 4) is 0 Å². The van der Waals surface area contributed by atoms with Crippen LogP contribution in [0.25, 0.3) is 0 Å². The van der Waals surface area contributed by atoms with Crippen LogP contribution in [0.5, 0.6) is 0 Å². The molecule has 0 aromatic rings. The van der Waals surface area contributed by atoms with E-state index >= 15 is 0 Å². The number of carbonyl (C=O) groups is 1. The lowest BCUT2D eigenvalue weighted by Crippen LogP contribution is -2.42. The van der Waals surface area contributed by atoms with Crippen LogP contribution in [0.3, 0.4) is 0 Å². The van der Waals surface area contributed by atoms with Crippen LogP contribution in [0, 0.1) is 11.3 Å². The van der Waals surface area contributed by atoms with E-state index in [1.54, 1.807) is 0 Å². The predicted molar refractivity (Wildman–Crippen MR) is 68.0 cm³/mol. The molecule has 2 rings (SSSR count). The zero-order valence-corrected chi connectivity index (χ0v) is 11.0. The van der Waals surface area contributed by atoms with Gasteiger partial charge in [0, 0.05) is 31.7 Å². The maximum atomic E-state index is 11.4. The molecule has 0 aromatic carbocycles. The Morgan fingerprint density at radius 1 is 1.29 bits per heavy atom. The lowest BCUT2D eigenvalue weighted by Gasteiger charge is -2.36. The summed E-state index contributed by atoms with van der Waals surface area (Å²) in [6.07, 6.45) is 8.51. The molecule has 0 N–H and O–H groups in total. The van der Waals surface area contributed by atoms with Gasteiger partial charge in [0.1, 0.15) is 6.29 Å². The number of aldehydes is 1. The van der Waals surface area contributed by atoms with Gasteiger partial charge in [0.15, 0.2) is 0 Å². The van der Waals surface area contributed by atoms with Gasteiger partial charge in [-0.15, -0.1) is 0 Å². The average Bonchev–Trinajstić information content (AvgIpc) is 2.83. The van der Waals surface area contributed by atoms with Gasteiger partial charge in [-0.1, -0.05) is 12.8 Å². The molecule has 1 saturated heterocycles. The molecule has 0 bridgehead atoms.